The number of hydrogen-bond donors (Lipinski definition) is 0. The minimum atomic E-state index is -1.16. The summed E-state index contributed by atoms with van der Waals surface area (Å²) >= 11 is 0. The van der Waals surface area contributed by atoms with Gasteiger partial charge in [0.15, 0.2) is 11.2 Å². The van der Waals surface area contributed by atoms with Crippen LogP contribution in [0.25, 0.3) is 17.1 Å². The molecular formula is C18H26N6O4Si. The number of imidazole rings is 1. The second kappa shape index (κ2) is 8.70. The van der Waals surface area contributed by atoms with Crippen LogP contribution in [0, 0.1) is 0 Å². The minimum absolute atomic E-state index is 0.258. The smallest absolute Gasteiger partial charge is 0.341 e. The molecule has 0 amide bonds. The predicted molar refractivity (Wildman–Crippen MR) is 109 cm³/mol. The third kappa shape index (κ3) is 4.98. The van der Waals surface area contributed by atoms with Crippen molar-refractivity contribution in [3.63, 3.8) is 0 Å². The van der Waals surface area contributed by atoms with Crippen molar-refractivity contribution in [2.75, 3.05) is 20.3 Å². The number of aromatic nitrogens is 6. The number of hydrogen-bond acceptors (Lipinski definition) is 8. The van der Waals surface area contributed by atoms with Gasteiger partial charge in [0.25, 0.3) is 5.95 Å². The van der Waals surface area contributed by atoms with Gasteiger partial charge in [-0.3, -0.25) is 4.57 Å². The highest BCUT2D eigenvalue weighted by Crippen LogP contribution is 2.22. The maximum absolute atomic E-state index is 11.9. The number of rotatable bonds is 9. The van der Waals surface area contributed by atoms with E-state index in [4.69, 9.17) is 14.2 Å². The molecule has 156 valence electrons. The SMILES string of the molecule is CCOC(=O)c1cnn(-c2nc(OC)c3ncn(COCC[Si](C)(C)C)c3n2)c1. The lowest BCUT2D eigenvalue weighted by Crippen LogP contribution is -2.22. The van der Waals surface area contributed by atoms with E-state index in [9.17, 15) is 4.79 Å². The molecular weight excluding hydrogens is 392 g/mol. The third-order valence-corrected chi connectivity index (χ3v) is 5.84. The summed E-state index contributed by atoms with van der Waals surface area (Å²) in [6.07, 6.45) is 4.58. The summed E-state index contributed by atoms with van der Waals surface area (Å²) < 4.78 is 19.4. The highest BCUT2D eigenvalue weighted by Gasteiger charge is 2.18. The van der Waals surface area contributed by atoms with Crippen LogP contribution in [0.3, 0.4) is 0 Å². The summed E-state index contributed by atoms with van der Waals surface area (Å²) in [7, 11) is 0.357. The van der Waals surface area contributed by atoms with E-state index in [-0.39, 0.29) is 12.6 Å². The molecule has 0 N–H and O–H groups in total. The molecule has 0 aliphatic rings. The Balaban J connectivity index is 1.87. The molecule has 0 saturated heterocycles. The van der Waals surface area contributed by atoms with E-state index in [1.807, 2.05) is 0 Å². The van der Waals surface area contributed by atoms with Gasteiger partial charge in [-0.1, -0.05) is 19.6 Å². The fraction of sp³-hybridized carbons (Fsp3) is 0.500. The first-order valence-electron chi connectivity index (χ1n) is 9.39. The van der Waals surface area contributed by atoms with Crippen LogP contribution in [0.2, 0.25) is 25.7 Å². The lowest BCUT2D eigenvalue weighted by molar-refractivity contribution is 0.0526. The van der Waals surface area contributed by atoms with Crippen LogP contribution in [0.4, 0.5) is 0 Å². The van der Waals surface area contributed by atoms with Gasteiger partial charge in [0.1, 0.15) is 6.73 Å². The molecule has 0 aliphatic carbocycles. The molecule has 0 aliphatic heterocycles. The maximum atomic E-state index is 11.9. The fourth-order valence-electron chi connectivity index (χ4n) is 2.54. The van der Waals surface area contributed by atoms with Crippen LogP contribution < -0.4 is 4.74 Å². The molecule has 29 heavy (non-hydrogen) atoms. The molecule has 0 fully saturated rings. The molecule has 0 aromatic carbocycles. The highest BCUT2D eigenvalue weighted by atomic mass is 28.3. The highest BCUT2D eigenvalue weighted by molar-refractivity contribution is 6.76. The van der Waals surface area contributed by atoms with Crippen LogP contribution in [0.5, 0.6) is 5.88 Å². The first-order chi connectivity index (χ1) is 13.8. The summed E-state index contributed by atoms with van der Waals surface area (Å²) in [6.45, 7) is 9.97. The number of esters is 1. The molecule has 10 nitrogen and oxygen atoms in total. The first-order valence-corrected chi connectivity index (χ1v) is 13.1. The number of nitrogens with zero attached hydrogens (tertiary/aromatic N) is 6. The van der Waals surface area contributed by atoms with E-state index < -0.39 is 14.0 Å². The topological polar surface area (TPSA) is 106 Å². The van der Waals surface area contributed by atoms with E-state index in [0.717, 1.165) is 6.04 Å². The van der Waals surface area contributed by atoms with E-state index in [1.54, 1.807) is 17.8 Å². The summed E-state index contributed by atoms with van der Waals surface area (Å²) in [5.74, 6) is 0.125. The number of carbonyl (C=O) groups excluding carboxylic acids is 1. The average Bonchev–Trinajstić information content (AvgIpc) is 3.31. The Morgan fingerprint density at radius 1 is 1.24 bits per heavy atom. The largest absolute Gasteiger partial charge is 0.479 e. The Hall–Kier alpha value is -2.79. The van der Waals surface area contributed by atoms with Crippen LogP contribution in [-0.2, 0) is 16.2 Å². The standard InChI is InChI=1S/C18H26N6O4Si/c1-6-28-17(25)13-9-20-24(10-13)18-21-15-14(16(22-18)26-2)19-11-23(15)12-27-7-8-29(3,4)5/h9-11H,6-8,12H2,1-5H3. The molecule has 0 spiro atoms. The van der Waals surface area contributed by atoms with E-state index >= 15 is 0 Å². The van der Waals surface area contributed by atoms with Gasteiger partial charge < -0.3 is 14.2 Å². The summed E-state index contributed by atoms with van der Waals surface area (Å²) in [5.41, 5.74) is 1.41. The number of methoxy groups -OCH3 is 1. The molecule has 0 bridgehead atoms. The van der Waals surface area contributed by atoms with Crippen molar-refractivity contribution in [2.24, 2.45) is 0 Å². The second-order valence-electron chi connectivity index (χ2n) is 7.66. The number of fused-ring (bicyclic) bond motifs is 1. The summed E-state index contributed by atoms with van der Waals surface area (Å²) in [5, 5.41) is 4.17. The monoisotopic (exact) mass is 418 g/mol. The van der Waals surface area contributed by atoms with Crippen LogP contribution >= 0.6 is 0 Å². The molecule has 0 radical (unpaired) electrons. The molecule has 3 aromatic rings. The molecule has 3 heterocycles. The van der Waals surface area contributed by atoms with E-state index in [1.165, 1.54) is 24.2 Å². The fourth-order valence-corrected chi connectivity index (χ4v) is 3.30. The van der Waals surface area contributed by atoms with Crippen molar-refractivity contribution in [3.8, 4) is 11.8 Å². The van der Waals surface area contributed by atoms with Gasteiger partial charge in [0, 0.05) is 20.9 Å². The minimum Gasteiger partial charge on any atom is -0.479 e. The first kappa shape index (κ1) is 20.9. The molecule has 0 saturated carbocycles. The van der Waals surface area contributed by atoms with Gasteiger partial charge in [-0.2, -0.15) is 15.1 Å². The Labute approximate surface area is 169 Å². The summed E-state index contributed by atoms with van der Waals surface area (Å²) in [4.78, 5) is 25.1. The number of ether oxygens (including phenoxy) is 3. The van der Waals surface area contributed by atoms with Crippen LogP contribution in [0.1, 0.15) is 17.3 Å². The Morgan fingerprint density at radius 2 is 2.03 bits per heavy atom. The van der Waals surface area contributed by atoms with Gasteiger partial charge >= 0.3 is 5.97 Å². The molecule has 3 rings (SSSR count). The zero-order valence-electron chi connectivity index (χ0n) is 17.4. The van der Waals surface area contributed by atoms with E-state index in [2.05, 4.69) is 39.7 Å². The van der Waals surface area contributed by atoms with Crippen molar-refractivity contribution in [3.05, 3.63) is 24.3 Å². The lowest BCUT2D eigenvalue weighted by Gasteiger charge is -2.15. The van der Waals surface area contributed by atoms with Gasteiger partial charge in [0.05, 0.1) is 31.8 Å². The van der Waals surface area contributed by atoms with Crippen molar-refractivity contribution in [1.82, 2.24) is 29.3 Å². The number of carbonyl (C=O) groups is 1. The predicted octanol–water partition coefficient (Wildman–Crippen LogP) is 2.51. The van der Waals surface area contributed by atoms with Crippen molar-refractivity contribution in [1.29, 1.82) is 0 Å². The van der Waals surface area contributed by atoms with Gasteiger partial charge in [-0.05, 0) is 13.0 Å². The van der Waals surface area contributed by atoms with Crippen LogP contribution in [0.15, 0.2) is 18.7 Å². The van der Waals surface area contributed by atoms with Gasteiger partial charge in [0.2, 0.25) is 5.88 Å². The Morgan fingerprint density at radius 3 is 2.72 bits per heavy atom. The molecule has 0 unspecified atom stereocenters. The Kier molecular flexibility index (Phi) is 6.28. The average molecular weight is 419 g/mol. The second-order valence-corrected chi connectivity index (χ2v) is 13.3. The molecule has 11 heteroatoms. The van der Waals surface area contributed by atoms with E-state index in [0.29, 0.717) is 35.9 Å². The zero-order valence-corrected chi connectivity index (χ0v) is 18.4. The third-order valence-electron chi connectivity index (χ3n) is 4.14. The van der Waals surface area contributed by atoms with Gasteiger partial charge in [-0.15, -0.1) is 0 Å². The Bertz CT molecular complexity index is 994. The van der Waals surface area contributed by atoms with Gasteiger partial charge in [-0.25, -0.2) is 14.5 Å². The van der Waals surface area contributed by atoms with Crippen molar-refractivity contribution in [2.45, 2.75) is 39.3 Å². The normalized spacial score (nSPS) is 11.8. The molecule has 0 atom stereocenters. The summed E-state index contributed by atoms with van der Waals surface area (Å²) in [6, 6.07) is 1.08. The quantitative estimate of drug-likeness (QED) is 0.296. The maximum Gasteiger partial charge on any atom is 0.341 e. The van der Waals surface area contributed by atoms with Crippen molar-refractivity contribution < 1.29 is 19.0 Å². The lowest BCUT2D eigenvalue weighted by atomic mass is 10.4. The van der Waals surface area contributed by atoms with Crippen molar-refractivity contribution >= 4 is 25.2 Å². The molecule has 3 aromatic heterocycles. The van der Waals surface area contributed by atoms with Crippen LogP contribution in [-0.4, -0.2) is 63.7 Å². The zero-order chi connectivity index (χ0) is 21.0.